The number of ether oxygens (including phenoxy) is 1. The molecule has 0 saturated carbocycles. The summed E-state index contributed by atoms with van der Waals surface area (Å²) in [7, 11) is 0.617. The fourth-order valence-electron chi connectivity index (χ4n) is 8.11. The standard InChI is InChI=1S/C37H51BBrN5O6/c1-3-37(49)13-20-41(21-14-37)27-9-15-42(16-10-27)34(46)32(24-25-22-29(38-2)33(45)30(39)23-25)50-36(48)43-17-11-28(12-18-43)44-19-8-26-6-4-5-7-31(26)40-35(44)47/h4-7,22-23,27-28,32,38,45,49H,3,8-21,24H2,1-2H3,(H,40,47)/t32-/m1/s1. The normalized spacial score (nSPS) is 21.2. The molecule has 50 heavy (non-hydrogen) atoms. The molecule has 0 spiro atoms. The van der Waals surface area contributed by atoms with E-state index in [-0.39, 0.29) is 30.2 Å². The van der Waals surface area contributed by atoms with Gasteiger partial charge in [-0.1, -0.05) is 38.0 Å². The van der Waals surface area contributed by atoms with Crippen molar-refractivity contribution in [3.63, 3.8) is 0 Å². The van der Waals surface area contributed by atoms with Crippen molar-refractivity contribution in [2.45, 2.75) is 95.3 Å². The first-order valence-electron chi connectivity index (χ1n) is 18.4. The van der Waals surface area contributed by atoms with Crippen molar-refractivity contribution in [2.75, 3.05) is 51.1 Å². The Morgan fingerprint density at radius 1 is 1.00 bits per heavy atom. The van der Waals surface area contributed by atoms with Gasteiger partial charge in [0.25, 0.3) is 5.91 Å². The molecule has 4 aliphatic heterocycles. The van der Waals surface area contributed by atoms with Gasteiger partial charge >= 0.3 is 12.1 Å². The van der Waals surface area contributed by atoms with Crippen LogP contribution in [-0.4, -0.2) is 125 Å². The lowest BCUT2D eigenvalue weighted by Gasteiger charge is -2.44. The summed E-state index contributed by atoms with van der Waals surface area (Å²) >= 11 is 3.45. The molecule has 2 aromatic carbocycles. The average Bonchev–Trinajstić information content (AvgIpc) is 3.30. The Morgan fingerprint density at radius 3 is 2.34 bits per heavy atom. The second kappa shape index (κ2) is 15.9. The first kappa shape index (κ1) is 36.5. The minimum absolute atomic E-state index is 0.00423. The second-order valence-electron chi connectivity index (χ2n) is 14.4. The maximum Gasteiger partial charge on any atom is 0.410 e. The SMILES string of the molecule is CBc1cc(C[C@@H](OC(=O)N2CCC(N3CCc4ccccc4NC3=O)CC2)C(=O)N2CCC(N3CCC(O)(CC)CC3)CC2)cc(Br)c1O. The molecule has 4 amide bonds. The van der Waals surface area contributed by atoms with Gasteiger partial charge in [-0.3, -0.25) is 4.79 Å². The maximum absolute atomic E-state index is 14.1. The number of aromatic hydroxyl groups is 1. The summed E-state index contributed by atoms with van der Waals surface area (Å²) in [6.07, 6.45) is 4.69. The van der Waals surface area contributed by atoms with Crippen LogP contribution >= 0.6 is 15.9 Å². The lowest BCUT2D eigenvalue weighted by Crippen LogP contribution is -2.54. The highest BCUT2D eigenvalue weighted by molar-refractivity contribution is 9.10. The van der Waals surface area contributed by atoms with E-state index in [1.807, 2.05) is 53.9 Å². The summed E-state index contributed by atoms with van der Waals surface area (Å²) in [5, 5.41) is 24.2. The van der Waals surface area contributed by atoms with Crippen molar-refractivity contribution in [3.8, 4) is 5.75 Å². The van der Waals surface area contributed by atoms with E-state index >= 15 is 0 Å². The Bertz CT molecular complexity index is 1540. The molecule has 11 nitrogen and oxygen atoms in total. The topological polar surface area (TPSA) is 126 Å². The highest BCUT2D eigenvalue weighted by Gasteiger charge is 2.38. The first-order chi connectivity index (χ1) is 24.1. The zero-order valence-electron chi connectivity index (χ0n) is 29.4. The molecular formula is C37H51BBrN5O6. The number of fused-ring (bicyclic) bond motifs is 1. The summed E-state index contributed by atoms with van der Waals surface area (Å²) in [4.78, 5) is 48.8. The Hall–Kier alpha value is -3.29. The molecule has 1 atom stereocenters. The van der Waals surface area contributed by atoms with Gasteiger partial charge in [0.1, 0.15) is 5.75 Å². The fraction of sp³-hybridized carbons (Fsp3) is 0.595. The molecule has 0 aromatic heterocycles. The molecule has 3 N–H and O–H groups in total. The average molecular weight is 753 g/mol. The number of piperidine rings is 3. The van der Waals surface area contributed by atoms with Gasteiger partial charge in [0.15, 0.2) is 13.4 Å². The number of carbonyl (C=O) groups excluding carboxylic acids is 3. The number of anilines is 1. The Balaban J connectivity index is 1.09. The summed E-state index contributed by atoms with van der Waals surface area (Å²) in [5.41, 5.74) is 2.97. The number of nitrogens with zero attached hydrogens (tertiary/aromatic N) is 4. The van der Waals surface area contributed by atoms with Crippen LogP contribution in [0, 0.1) is 0 Å². The molecule has 2 aromatic rings. The zero-order chi connectivity index (χ0) is 35.4. The summed E-state index contributed by atoms with van der Waals surface area (Å²) < 4.78 is 6.63. The predicted molar refractivity (Wildman–Crippen MR) is 199 cm³/mol. The predicted octanol–water partition coefficient (Wildman–Crippen LogP) is 4.09. The van der Waals surface area contributed by atoms with E-state index < -0.39 is 17.8 Å². The Labute approximate surface area is 304 Å². The lowest BCUT2D eigenvalue weighted by atomic mass is 9.72. The second-order valence-corrected chi connectivity index (χ2v) is 15.3. The number of aliphatic hydroxyl groups is 1. The molecule has 6 rings (SSSR count). The maximum atomic E-state index is 14.1. The molecule has 13 heteroatoms. The van der Waals surface area contributed by atoms with Gasteiger partial charge in [-0.15, -0.1) is 0 Å². The van der Waals surface area contributed by atoms with E-state index in [2.05, 4.69) is 26.1 Å². The molecule has 3 fully saturated rings. The van der Waals surface area contributed by atoms with Crippen LogP contribution in [0.5, 0.6) is 5.75 Å². The van der Waals surface area contributed by atoms with Crippen molar-refractivity contribution >= 4 is 52.4 Å². The van der Waals surface area contributed by atoms with Gasteiger partial charge < -0.3 is 39.9 Å². The fourth-order valence-corrected chi connectivity index (χ4v) is 8.66. The minimum atomic E-state index is -1.01. The van der Waals surface area contributed by atoms with Gasteiger partial charge in [-0.2, -0.15) is 0 Å². The van der Waals surface area contributed by atoms with Crippen LogP contribution < -0.4 is 10.8 Å². The van der Waals surface area contributed by atoms with E-state index in [9.17, 15) is 24.6 Å². The van der Waals surface area contributed by atoms with Gasteiger partial charge in [-0.25, -0.2) is 9.59 Å². The number of amides is 4. The third kappa shape index (κ3) is 8.26. The Morgan fingerprint density at radius 2 is 1.66 bits per heavy atom. The van der Waals surface area contributed by atoms with Crippen molar-refractivity contribution in [3.05, 3.63) is 52.0 Å². The van der Waals surface area contributed by atoms with Crippen LogP contribution in [0.4, 0.5) is 15.3 Å². The van der Waals surface area contributed by atoms with Crippen LogP contribution in [0.3, 0.4) is 0 Å². The van der Waals surface area contributed by atoms with E-state index in [0.717, 1.165) is 73.9 Å². The van der Waals surface area contributed by atoms with Crippen LogP contribution in [0.25, 0.3) is 0 Å². The summed E-state index contributed by atoms with van der Waals surface area (Å²) in [5.74, 6) is -0.0214. The monoisotopic (exact) mass is 751 g/mol. The highest BCUT2D eigenvalue weighted by Crippen LogP contribution is 2.30. The number of para-hydroxylation sites is 1. The number of nitrogens with one attached hydrogen (secondary N) is 1. The number of carbonyl (C=O) groups is 3. The number of hydrogen-bond acceptors (Lipinski definition) is 7. The molecule has 0 aliphatic carbocycles. The lowest BCUT2D eigenvalue weighted by molar-refractivity contribution is -0.142. The van der Waals surface area contributed by atoms with Gasteiger partial charge in [0.05, 0.1) is 10.1 Å². The van der Waals surface area contributed by atoms with E-state index in [4.69, 9.17) is 4.74 Å². The number of phenols is 1. The molecule has 4 heterocycles. The number of phenolic OH excluding ortho intramolecular Hbond substituents is 1. The molecule has 4 aliphatic rings. The quantitative estimate of drug-likeness (QED) is 0.347. The van der Waals surface area contributed by atoms with Crippen LogP contribution in [0.2, 0.25) is 6.82 Å². The molecule has 270 valence electrons. The van der Waals surface area contributed by atoms with Crippen molar-refractivity contribution in [2.24, 2.45) is 0 Å². The van der Waals surface area contributed by atoms with Gasteiger partial charge in [-0.05, 0) is 96.0 Å². The third-order valence-corrected chi connectivity index (χ3v) is 12.1. The summed E-state index contributed by atoms with van der Waals surface area (Å²) in [6, 6.07) is 11.8. The largest absolute Gasteiger partial charge is 0.507 e. The van der Waals surface area contributed by atoms with Gasteiger partial charge in [0.2, 0.25) is 0 Å². The minimum Gasteiger partial charge on any atom is -0.507 e. The smallest absolute Gasteiger partial charge is 0.410 e. The van der Waals surface area contributed by atoms with Crippen molar-refractivity contribution in [1.82, 2.24) is 19.6 Å². The van der Waals surface area contributed by atoms with E-state index in [1.165, 1.54) is 0 Å². The number of likely N-dealkylation sites (tertiary alicyclic amines) is 3. The van der Waals surface area contributed by atoms with Crippen molar-refractivity contribution in [1.29, 1.82) is 0 Å². The van der Waals surface area contributed by atoms with Gasteiger partial charge in [0, 0.05) is 70.0 Å². The number of rotatable bonds is 8. The van der Waals surface area contributed by atoms with Crippen LogP contribution in [-0.2, 0) is 22.4 Å². The number of benzene rings is 2. The first-order valence-corrected chi connectivity index (χ1v) is 19.2. The highest BCUT2D eigenvalue weighted by atomic mass is 79.9. The van der Waals surface area contributed by atoms with Crippen LogP contribution in [0.15, 0.2) is 40.9 Å². The molecule has 3 saturated heterocycles. The Kier molecular flexibility index (Phi) is 11.6. The summed E-state index contributed by atoms with van der Waals surface area (Å²) in [6.45, 7) is 8.38. The number of halogens is 1. The van der Waals surface area contributed by atoms with E-state index in [0.29, 0.717) is 63.4 Å². The number of urea groups is 1. The molecular weight excluding hydrogens is 701 g/mol. The third-order valence-electron chi connectivity index (χ3n) is 11.5. The van der Waals surface area contributed by atoms with Crippen molar-refractivity contribution < 1.29 is 29.3 Å². The molecule has 0 bridgehead atoms. The molecule has 0 radical (unpaired) electrons. The van der Waals surface area contributed by atoms with E-state index in [1.54, 1.807) is 11.0 Å². The zero-order valence-corrected chi connectivity index (χ0v) is 31.0. The number of hydrogen-bond donors (Lipinski definition) is 3. The van der Waals surface area contributed by atoms with Crippen LogP contribution in [0.1, 0.15) is 63.0 Å². The molecule has 0 unspecified atom stereocenters.